The number of Topliss-reactive ketones (excluding diaryl/α,β-unsaturated/α-hetero) is 1. The standard InChI is InChI=1S/C73H89N7O25/c1-36-20-50-67(91)78(71(93)101-31-40-13-15-54(46(23-40)52(81)12-11-18-95-8)105-70-63(87)61(85)59(83)39(4)103-70)48-27-56(38(3)22-44(48)65(89)76(50)29-36)99-34-43-25-42(75-80(43)73(5,6)7)33-98-58-28-49-45(26-57(58)97-10)66(90)77-30-37(2)21-51(77)68(92)79(49)72(94)102-32-41-14-16-55(47(24-41)64(88)74-17-19-96-9)104-69-62(86)60(84)53(82)35-100-69/h13-16,22-28,39,50-51,53,59-63,67-70,82-87,91-92H,1-2,11-12,17-21,29-35H2,3-10H3,(H,74,88)/t39-,50+,51+,53-,59-,60+,61+,62-,63-,67?,68?,69+,70+/m1/s1. The highest BCUT2D eigenvalue weighted by atomic mass is 16.7. The fraction of sp³-hybridized carbons (Fsp3) is 0.493. The minimum atomic E-state index is -1.70. The Balaban J connectivity index is 0.836. The summed E-state index contributed by atoms with van der Waals surface area (Å²) < 4.78 is 65.5. The van der Waals surface area contributed by atoms with Crippen LogP contribution in [-0.4, -0.2) is 237 Å². The molecule has 6 aliphatic rings. The van der Waals surface area contributed by atoms with Crippen LogP contribution in [0.1, 0.15) is 123 Å². The SMILES string of the molecule is C=C1C[C@H]2C(O)N(C(=O)OCc3ccc(O[C@@H]4O[C@H](C)[C@@H](O)[C@H](O)[C@H]4O)c(C(=O)CCCOC)c3)c3cc(OCc4cc(COc5cc6c(cc5OC)C(=O)N5CC(=C)C[C@H]5C(O)N6C(=O)OCc5ccc(O[C@@H]6OC[C@@H](O)[C@H](O)[C@H]6O)c(C(=O)NCCOC)c5)nn4C(C)(C)C)c(C)cc3C(=O)N2C1. The molecule has 0 aliphatic carbocycles. The van der Waals surface area contributed by atoms with E-state index in [1.807, 2.05) is 20.8 Å². The molecule has 566 valence electrons. The molecule has 5 amide bonds. The van der Waals surface area contributed by atoms with E-state index in [9.17, 15) is 69.6 Å². The number of aliphatic hydroxyl groups is 8. The van der Waals surface area contributed by atoms with Gasteiger partial charge in [-0.25, -0.2) is 19.4 Å². The Hall–Kier alpha value is -9.29. The Bertz CT molecular complexity index is 4120. The van der Waals surface area contributed by atoms with E-state index in [2.05, 4.69) is 18.5 Å². The summed E-state index contributed by atoms with van der Waals surface area (Å²) in [7, 11) is 4.30. The zero-order valence-corrected chi connectivity index (χ0v) is 59.4. The van der Waals surface area contributed by atoms with Gasteiger partial charge in [-0.1, -0.05) is 36.4 Å². The number of aromatic nitrogens is 2. The van der Waals surface area contributed by atoms with Crippen LogP contribution in [0.3, 0.4) is 0 Å². The maximum Gasteiger partial charge on any atom is 0.416 e. The molecule has 105 heavy (non-hydrogen) atoms. The number of benzene rings is 4. The second kappa shape index (κ2) is 32.2. The van der Waals surface area contributed by atoms with Crippen molar-refractivity contribution in [1.82, 2.24) is 24.9 Å². The fourth-order valence-corrected chi connectivity index (χ4v) is 13.4. The number of carbonyl (C=O) groups excluding carboxylic acids is 6. The average Bonchev–Trinajstić information content (AvgIpc) is 1.55. The number of ether oxygens (including phenoxy) is 11. The largest absolute Gasteiger partial charge is 0.493 e. The number of methoxy groups -OCH3 is 3. The number of amides is 5. The normalized spacial score (nSPS) is 25.2. The monoisotopic (exact) mass is 1460 g/mol. The van der Waals surface area contributed by atoms with E-state index in [4.69, 9.17) is 57.2 Å². The average molecular weight is 1460 g/mol. The van der Waals surface area contributed by atoms with Crippen molar-refractivity contribution in [2.45, 2.75) is 172 Å². The predicted octanol–water partition coefficient (Wildman–Crippen LogP) is 3.61. The van der Waals surface area contributed by atoms with E-state index in [1.54, 1.807) is 23.7 Å². The van der Waals surface area contributed by atoms with Crippen LogP contribution < -0.4 is 38.8 Å². The van der Waals surface area contributed by atoms with E-state index in [-0.39, 0.29) is 140 Å². The number of carbonyl (C=O) groups is 6. The van der Waals surface area contributed by atoms with Crippen molar-refractivity contribution in [3.8, 4) is 28.7 Å². The van der Waals surface area contributed by atoms with Gasteiger partial charge in [0.2, 0.25) is 12.6 Å². The minimum Gasteiger partial charge on any atom is -0.493 e. The van der Waals surface area contributed by atoms with Crippen LogP contribution in [0, 0.1) is 6.92 Å². The number of aliphatic hydroxyl groups excluding tert-OH is 8. The summed E-state index contributed by atoms with van der Waals surface area (Å²) in [6.45, 7) is 16.0. The molecule has 0 saturated carbocycles. The van der Waals surface area contributed by atoms with Gasteiger partial charge in [-0.05, 0) is 113 Å². The first-order chi connectivity index (χ1) is 50.0. The van der Waals surface area contributed by atoms with Crippen molar-refractivity contribution in [1.29, 1.82) is 0 Å². The number of rotatable bonds is 24. The van der Waals surface area contributed by atoms with Gasteiger partial charge >= 0.3 is 12.2 Å². The lowest BCUT2D eigenvalue weighted by atomic mass is 9.99. The van der Waals surface area contributed by atoms with E-state index < -0.39 is 134 Å². The smallest absolute Gasteiger partial charge is 0.416 e. The van der Waals surface area contributed by atoms with Gasteiger partial charge in [-0.2, -0.15) is 5.10 Å². The molecule has 0 spiro atoms. The number of hydrogen-bond donors (Lipinski definition) is 9. The quantitative estimate of drug-likeness (QED) is 0.0242. The molecular formula is C73H89N7O25. The summed E-state index contributed by atoms with van der Waals surface area (Å²) in [4.78, 5) is 90.7. The van der Waals surface area contributed by atoms with Gasteiger partial charge in [0.15, 0.2) is 29.7 Å². The summed E-state index contributed by atoms with van der Waals surface area (Å²) in [6.07, 6.45) is -18.2. The topological polar surface area (TPSA) is 409 Å². The third-order valence-electron chi connectivity index (χ3n) is 18.9. The molecule has 4 fully saturated rings. The maximum absolute atomic E-state index is 14.7. The number of aryl methyl sites for hydroxylation is 1. The molecular weight excluding hydrogens is 1370 g/mol. The molecule has 9 N–H and O–H groups in total. The number of hydrogen-bond acceptors (Lipinski definition) is 26. The summed E-state index contributed by atoms with van der Waals surface area (Å²) in [5.41, 5.74) is 2.33. The van der Waals surface area contributed by atoms with E-state index >= 15 is 0 Å². The van der Waals surface area contributed by atoms with Crippen molar-refractivity contribution < 1.29 is 122 Å². The lowest BCUT2D eigenvalue weighted by molar-refractivity contribution is -0.268. The first-order valence-electron chi connectivity index (χ1n) is 34.2. The lowest BCUT2D eigenvalue weighted by Crippen LogP contribution is -2.58. The third kappa shape index (κ3) is 16.3. The van der Waals surface area contributed by atoms with E-state index in [0.29, 0.717) is 40.1 Å². The molecule has 32 nitrogen and oxygen atoms in total. The first-order valence-corrected chi connectivity index (χ1v) is 34.2. The van der Waals surface area contributed by atoms with Gasteiger partial charge in [0.25, 0.3) is 17.7 Å². The van der Waals surface area contributed by atoms with Crippen molar-refractivity contribution in [3.05, 3.63) is 141 Å². The van der Waals surface area contributed by atoms with Gasteiger partial charge in [0.05, 0.1) is 83.4 Å². The van der Waals surface area contributed by atoms with Crippen LogP contribution in [0.25, 0.3) is 0 Å². The molecule has 0 radical (unpaired) electrons. The van der Waals surface area contributed by atoms with Gasteiger partial charge in [-0.15, -0.1) is 0 Å². The second-order valence-electron chi connectivity index (χ2n) is 27.6. The maximum atomic E-state index is 14.7. The van der Waals surface area contributed by atoms with Crippen molar-refractivity contribution >= 4 is 47.1 Å². The van der Waals surface area contributed by atoms with Gasteiger partial charge in [0, 0.05) is 59.0 Å². The number of nitrogens with zero attached hydrogens (tertiary/aromatic N) is 6. The van der Waals surface area contributed by atoms with Gasteiger partial charge in [0.1, 0.15) is 86.0 Å². The summed E-state index contributed by atoms with van der Waals surface area (Å²) in [5, 5.41) is 94.6. The molecule has 13 atom stereocenters. The van der Waals surface area contributed by atoms with Crippen molar-refractivity contribution in [2.75, 3.05) is 70.6 Å². The van der Waals surface area contributed by atoms with Crippen molar-refractivity contribution in [3.63, 3.8) is 0 Å². The van der Waals surface area contributed by atoms with Crippen molar-refractivity contribution in [2.24, 2.45) is 0 Å². The number of ketones is 1. The molecule has 4 aromatic carbocycles. The first kappa shape index (κ1) is 76.8. The fourth-order valence-electron chi connectivity index (χ4n) is 13.4. The Labute approximate surface area is 604 Å². The number of nitrogens with one attached hydrogen (secondary N) is 1. The predicted molar refractivity (Wildman–Crippen MR) is 368 cm³/mol. The molecule has 11 rings (SSSR count). The molecule has 0 bridgehead atoms. The van der Waals surface area contributed by atoms with E-state index in [1.165, 1.54) is 92.7 Å². The van der Waals surface area contributed by atoms with Crippen LogP contribution in [0.5, 0.6) is 28.7 Å². The molecule has 32 heteroatoms. The summed E-state index contributed by atoms with van der Waals surface area (Å²) in [6, 6.07) is 14.2. The lowest BCUT2D eigenvalue weighted by Gasteiger charge is -2.39. The molecule has 2 unspecified atom stereocenters. The highest BCUT2D eigenvalue weighted by Gasteiger charge is 2.49. The van der Waals surface area contributed by atoms with Crippen LogP contribution in [-0.2, 0) is 60.4 Å². The Morgan fingerprint density at radius 3 is 1.77 bits per heavy atom. The Morgan fingerprint density at radius 2 is 1.18 bits per heavy atom. The minimum absolute atomic E-state index is 0.00803. The summed E-state index contributed by atoms with van der Waals surface area (Å²) >= 11 is 0. The molecule has 4 saturated heterocycles. The van der Waals surface area contributed by atoms with Gasteiger partial charge < -0.3 is 108 Å². The highest BCUT2D eigenvalue weighted by Crippen LogP contribution is 2.44. The number of fused-ring (bicyclic) bond motifs is 4. The van der Waals surface area contributed by atoms with Crippen LogP contribution in [0.2, 0.25) is 0 Å². The Kier molecular flexibility index (Phi) is 23.6. The van der Waals surface area contributed by atoms with E-state index in [0.717, 1.165) is 9.80 Å². The number of anilines is 2. The summed E-state index contributed by atoms with van der Waals surface area (Å²) in [5.74, 6) is -1.91. The second-order valence-corrected chi connectivity index (χ2v) is 27.6. The van der Waals surface area contributed by atoms with Gasteiger partial charge in [-0.3, -0.25) is 23.9 Å². The highest BCUT2D eigenvalue weighted by molar-refractivity contribution is 6.07. The Morgan fingerprint density at radius 1 is 0.629 bits per heavy atom. The zero-order chi connectivity index (χ0) is 75.6. The van der Waals surface area contributed by atoms with Crippen LogP contribution in [0.15, 0.2) is 91.0 Å². The van der Waals surface area contributed by atoms with Crippen LogP contribution in [0.4, 0.5) is 21.0 Å². The molecule has 7 heterocycles. The zero-order valence-electron chi connectivity index (χ0n) is 59.4. The molecule has 5 aromatic rings. The third-order valence-corrected chi connectivity index (χ3v) is 18.9. The molecule has 1 aromatic heterocycles. The van der Waals surface area contributed by atoms with Crippen LogP contribution >= 0.6 is 0 Å². The molecule has 6 aliphatic heterocycles.